The minimum absolute atomic E-state index is 0.0311. The van der Waals surface area contributed by atoms with Crippen LogP contribution in [0.1, 0.15) is 11.1 Å². The summed E-state index contributed by atoms with van der Waals surface area (Å²) in [5.74, 6) is -0.466. The molecule has 0 radical (unpaired) electrons. The van der Waals surface area contributed by atoms with Crippen LogP contribution < -0.4 is 0 Å². The van der Waals surface area contributed by atoms with E-state index in [0.29, 0.717) is 5.56 Å². The predicted molar refractivity (Wildman–Crippen MR) is 85.1 cm³/mol. The van der Waals surface area contributed by atoms with E-state index < -0.39 is 5.82 Å². The highest BCUT2D eigenvalue weighted by atomic mass is 19.1. The first kappa shape index (κ1) is 14.3. The van der Waals surface area contributed by atoms with Crippen LogP contribution in [0.25, 0.3) is 11.1 Å². The Kier molecular flexibility index (Phi) is 4.15. The summed E-state index contributed by atoms with van der Waals surface area (Å²) in [6, 6.07) is 16.0. The molecule has 0 bridgehead atoms. The van der Waals surface area contributed by atoms with Crippen LogP contribution in [-0.4, -0.2) is 10.1 Å². The number of aryl methyl sites for hydroxylation is 2. The van der Waals surface area contributed by atoms with Crippen LogP contribution in [-0.2, 0) is 12.8 Å². The monoisotopic (exact) mass is 293 g/mol. The van der Waals surface area contributed by atoms with E-state index in [2.05, 4.69) is 4.98 Å². The molecule has 0 spiro atoms. The maximum Gasteiger partial charge on any atom is 0.126 e. The largest absolute Gasteiger partial charge is 0.507 e. The number of aromatic nitrogens is 1. The number of pyridine rings is 1. The highest BCUT2D eigenvalue weighted by Gasteiger charge is 2.10. The van der Waals surface area contributed by atoms with Crippen LogP contribution in [0, 0.1) is 5.82 Å². The Hall–Kier alpha value is -2.68. The number of hydrogen-bond acceptors (Lipinski definition) is 2. The zero-order chi connectivity index (χ0) is 15.4. The third-order valence-corrected chi connectivity index (χ3v) is 3.70. The van der Waals surface area contributed by atoms with Crippen molar-refractivity contribution < 1.29 is 9.50 Å². The summed E-state index contributed by atoms with van der Waals surface area (Å²) < 4.78 is 13.2. The quantitative estimate of drug-likeness (QED) is 0.774. The Balaban J connectivity index is 1.90. The fourth-order valence-electron chi connectivity index (χ4n) is 2.56. The lowest BCUT2D eigenvalue weighted by Gasteiger charge is -2.11. The molecule has 110 valence electrons. The second-order valence-electron chi connectivity index (χ2n) is 5.17. The SMILES string of the molecule is Oc1cc(F)ccc1-c1ccccc1CCc1ccncc1. The van der Waals surface area contributed by atoms with Gasteiger partial charge in [0.25, 0.3) is 0 Å². The topological polar surface area (TPSA) is 33.1 Å². The molecule has 0 saturated carbocycles. The third kappa shape index (κ3) is 3.14. The minimum atomic E-state index is -0.435. The van der Waals surface area contributed by atoms with E-state index >= 15 is 0 Å². The van der Waals surface area contributed by atoms with E-state index in [-0.39, 0.29) is 5.75 Å². The second kappa shape index (κ2) is 6.39. The summed E-state index contributed by atoms with van der Waals surface area (Å²) >= 11 is 0. The molecule has 0 aliphatic carbocycles. The standard InChI is InChI=1S/C19H16FNO/c20-16-7-8-18(19(22)13-16)17-4-2-1-3-15(17)6-5-14-9-11-21-12-10-14/h1-4,7-13,22H,5-6H2. The highest BCUT2D eigenvalue weighted by Crippen LogP contribution is 2.32. The zero-order valence-electron chi connectivity index (χ0n) is 12.0. The van der Waals surface area contributed by atoms with Crippen molar-refractivity contribution >= 4 is 0 Å². The predicted octanol–water partition coefficient (Wildman–Crippen LogP) is 4.38. The summed E-state index contributed by atoms with van der Waals surface area (Å²) in [5, 5.41) is 10.0. The molecule has 0 amide bonds. The van der Waals surface area contributed by atoms with Gasteiger partial charge in [-0.05, 0) is 53.8 Å². The van der Waals surface area contributed by atoms with Gasteiger partial charge in [0.05, 0.1) is 0 Å². The molecule has 2 nitrogen and oxygen atoms in total. The van der Waals surface area contributed by atoms with Crippen molar-refractivity contribution in [3.8, 4) is 16.9 Å². The van der Waals surface area contributed by atoms with Gasteiger partial charge in [-0.3, -0.25) is 4.98 Å². The molecule has 0 fully saturated rings. The minimum Gasteiger partial charge on any atom is -0.507 e. The van der Waals surface area contributed by atoms with Crippen molar-refractivity contribution in [1.29, 1.82) is 0 Å². The van der Waals surface area contributed by atoms with Gasteiger partial charge in [0.1, 0.15) is 11.6 Å². The first-order valence-corrected chi connectivity index (χ1v) is 7.20. The molecule has 0 aliphatic heterocycles. The Morgan fingerprint density at radius 1 is 0.864 bits per heavy atom. The van der Waals surface area contributed by atoms with Gasteiger partial charge in [-0.1, -0.05) is 24.3 Å². The normalized spacial score (nSPS) is 10.6. The number of phenols is 1. The van der Waals surface area contributed by atoms with Crippen LogP contribution in [0.3, 0.4) is 0 Å². The Labute approximate surface area is 128 Å². The van der Waals surface area contributed by atoms with Crippen molar-refractivity contribution in [2.45, 2.75) is 12.8 Å². The van der Waals surface area contributed by atoms with E-state index in [1.807, 2.05) is 36.4 Å². The molecule has 3 heteroatoms. The first-order chi connectivity index (χ1) is 10.7. The molecule has 0 atom stereocenters. The maximum absolute atomic E-state index is 13.2. The molecular formula is C19H16FNO. The van der Waals surface area contributed by atoms with E-state index in [0.717, 1.165) is 30.0 Å². The van der Waals surface area contributed by atoms with Gasteiger partial charge in [0.2, 0.25) is 0 Å². The lowest BCUT2D eigenvalue weighted by Crippen LogP contribution is -1.95. The third-order valence-electron chi connectivity index (χ3n) is 3.70. The van der Waals surface area contributed by atoms with E-state index in [1.165, 1.54) is 11.6 Å². The number of phenolic OH excluding ortho intramolecular Hbond substituents is 1. The molecule has 2 aromatic carbocycles. The van der Waals surface area contributed by atoms with E-state index in [9.17, 15) is 9.50 Å². The maximum atomic E-state index is 13.2. The van der Waals surface area contributed by atoms with E-state index in [1.54, 1.807) is 18.5 Å². The number of hydrogen-bond donors (Lipinski definition) is 1. The highest BCUT2D eigenvalue weighted by molar-refractivity contribution is 5.73. The van der Waals surface area contributed by atoms with Crippen LogP contribution in [0.15, 0.2) is 67.0 Å². The fourth-order valence-corrected chi connectivity index (χ4v) is 2.56. The molecule has 3 rings (SSSR count). The molecule has 1 aromatic heterocycles. The van der Waals surface area contributed by atoms with Crippen molar-refractivity contribution in [1.82, 2.24) is 4.98 Å². The Bertz CT molecular complexity index is 771. The van der Waals surface area contributed by atoms with Crippen LogP contribution in [0.4, 0.5) is 4.39 Å². The van der Waals surface area contributed by atoms with Gasteiger partial charge in [-0.25, -0.2) is 4.39 Å². The fraction of sp³-hybridized carbons (Fsp3) is 0.105. The molecule has 3 aromatic rings. The lowest BCUT2D eigenvalue weighted by atomic mass is 9.95. The van der Waals surface area contributed by atoms with Gasteiger partial charge in [-0.2, -0.15) is 0 Å². The molecule has 0 unspecified atom stereocenters. The number of nitrogens with zero attached hydrogens (tertiary/aromatic N) is 1. The zero-order valence-corrected chi connectivity index (χ0v) is 12.0. The van der Waals surface area contributed by atoms with E-state index in [4.69, 9.17) is 0 Å². The van der Waals surface area contributed by atoms with Gasteiger partial charge in [0.15, 0.2) is 0 Å². The summed E-state index contributed by atoms with van der Waals surface area (Å²) in [6.45, 7) is 0. The second-order valence-corrected chi connectivity index (χ2v) is 5.17. The lowest BCUT2D eigenvalue weighted by molar-refractivity contribution is 0.471. The van der Waals surface area contributed by atoms with Gasteiger partial charge in [0, 0.05) is 24.0 Å². The Morgan fingerprint density at radius 2 is 1.64 bits per heavy atom. The molecule has 1 N–H and O–H groups in total. The Morgan fingerprint density at radius 3 is 2.41 bits per heavy atom. The number of rotatable bonds is 4. The van der Waals surface area contributed by atoms with Crippen molar-refractivity contribution in [2.75, 3.05) is 0 Å². The average Bonchev–Trinajstić information content (AvgIpc) is 2.54. The molecule has 1 heterocycles. The number of halogens is 1. The van der Waals surface area contributed by atoms with Crippen LogP contribution in [0.2, 0.25) is 0 Å². The first-order valence-electron chi connectivity index (χ1n) is 7.20. The molecular weight excluding hydrogens is 277 g/mol. The van der Waals surface area contributed by atoms with Crippen molar-refractivity contribution in [2.24, 2.45) is 0 Å². The molecule has 22 heavy (non-hydrogen) atoms. The average molecular weight is 293 g/mol. The van der Waals surface area contributed by atoms with Gasteiger partial charge >= 0.3 is 0 Å². The summed E-state index contributed by atoms with van der Waals surface area (Å²) in [7, 11) is 0. The summed E-state index contributed by atoms with van der Waals surface area (Å²) in [6.07, 6.45) is 5.30. The van der Waals surface area contributed by atoms with Gasteiger partial charge < -0.3 is 5.11 Å². The number of aromatic hydroxyl groups is 1. The summed E-state index contributed by atoms with van der Waals surface area (Å²) in [5.41, 5.74) is 3.94. The molecule has 0 aliphatic rings. The smallest absolute Gasteiger partial charge is 0.126 e. The van der Waals surface area contributed by atoms with Gasteiger partial charge in [-0.15, -0.1) is 0 Å². The summed E-state index contributed by atoms with van der Waals surface area (Å²) in [4.78, 5) is 4.02. The van der Waals surface area contributed by atoms with Crippen molar-refractivity contribution in [3.63, 3.8) is 0 Å². The van der Waals surface area contributed by atoms with Crippen LogP contribution in [0.5, 0.6) is 5.75 Å². The van der Waals surface area contributed by atoms with Crippen LogP contribution >= 0.6 is 0 Å². The molecule has 0 saturated heterocycles. The van der Waals surface area contributed by atoms with Crippen molar-refractivity contribution in [3.05, 3.63) is 83.9 Å². The number of benzene rings is 2.